The smallest absolute Gasteiger partial charge is 0.0725 e. The second-order valence-electron chi connectivity index (χ2n) is 3.40. The van der Waals surface area contributed by atoms with Crippen molar-refractivity contribution in [3.05, 3.63) is 29.3 Å². The van der Waals surface area contributed by atoms with Crippen LogP contribution in [0.15, 0.2) is 18.2 Å². The van der Waals surface area contributed by atoms with Gasteiger partial charge in [0.2, 0.25) is 0 Å². The summed E-state index contributed by atoms with van der Waals surface area (Å²) in [6.45, 7) is 4.77. The summed E-state index contributed by atoms with van der Waals surface area (Å²) in [6.07, 6.45) is 1.16. The van der Waals surface area contributed by atoms with Crippen molar-refractivity contribution in [2.24, 2.45) is 0 Å². The molecule has 1 aliphatic rings. The molecular weight excluding hydrogens is 162 g/mol. The maximum absolute atomic E-state index is 5.35. The van der Waals surface area contributed by atoms with Gasteiger partial charge in [-0.25, -0.2) is 0 Å². The van der Waals surface area contributed by atoms with Crippen molar-refractivity contribution in [2.45, 2.75) is 26.6 Å². The fourth-order valence-corrected chi connectivity index (χ4v) is 1.55. The Balaban J connectivity index is 2.12. The Morgan fingerprint density at radius 1 is 1.31 bits per heavy atom. The average Bonchev–Trinajstić information content (AvgIpc) is 2.61. The predicted octanol–water partition coefficient (Wildman–Crippen LogP) is 2.54. The van der Waals surface area contributed by atoms with Crippen LogP contribution in [0.1, 0.15) is 24.5 Å². The van der Waals surface area contributed by atoms with Crippen LogP contribution < -0.4 is 5.32 Å². The van der Waals surface area contributed by atoms with E-state index in [-0.39, 0.29) is 0 Å². The summed E-state index contributed by atoms with van der Waals surface area (Å²) in [4.78, 5) is 0. The highest BCUT2D eigenvalue weighted by atomic mass is 16.5. The Bertz CT molecular complexity index is 296. The maximum atomic E-state index is 5.35. The lowest BCUT2D eigenvalue weighted by atomic mass is 10.1. The molecule has 1 heterocycles. The molecule has 0 fully saturated rings. The highest BCUT2D eigenvalue weighted by Gasteiger charge is 2.10. The zero-order valence-electron chi connectivity index (χ0n) is 7.97. The molecule has 0 saturated carbocycles. The van der Waals surface area contributed by atoms with Crippen molar-refractivity contribution in [3.63, 3.8) is 0 Å². The van der Waals surface area contributed by atoms with E-state index >= 15 is 0 Å². The molecule has 1 aromatic rings. The number of ether oxygens (including phenoxy) is 1. The van der Waals surface area contributed by atoms with E-state index in [1.165, 1.54) is 16.8 Å². The zero-order chi connectivity index (χ0) is 9.10. The van der Waals surface area contributed by atoms with Gasteiger partial charge >= 0.3 is 0 Å². The van der Waals surface area contributed by atoms with Crippen LogP contribution in [0.5, 0.6) is 0 Å². The first kappa shape index (κ1) is 8.57. The van der Waals surface area contributed by atoms with Gasteiger partial charge in [0.05, 0.1) is 13.2 Å². The number of benzene rings is 1. The third kappa shape index (κ3) is 1.83. The van der Waals surface area contributed by atoms with Gasteiger partial charge in [0.1, 0.15) is 0 Å². The van der Waals surface area contributed by atoms with E-state index in [9.17, 15) is 0 Å². The largest absolute Gasteiger partial charge is 0.385 e. The van der Waals surface area contributed by atoms with E-state index in [4.69, 9.17) is 4.74 Å². The molecule has 2 rings (SSSR count). The Morgan fingerprint density at radius 2 is 2.15 bits per heavy atom. The molecule has 2 heteroatoms. The minimum absolute atomic E-state index is 0.775. The van der Waals surface area contributed by atoms with Gasteiger partial charge in [-0.05, 0) is 29.7 Å². The number of nitrogens with one attached hydrogen (secondary N) is 1. The maximum Gasteiger partial charge on any atom is 0.0725 e. The van der Waals surface area contributed by atoms with E-state index < -0.39 is 0 Å². The minimum atomic E-state index is 0.775. The fraction of sp³-hybridized carbons (Fsp3) is 0.455. The molecule has 0 radical (unpaired) electrons. The molecule has 1 aliphatic heterocycles. The molecule has 2 nitrogen and oxygen atoms in total. The molecular formula is C11H15NO. The Hall–Kier alpha value is -1.02. The van der Waals surface area contributed by atoms with E-state index in [2.05, 4.69) is 30.4 Å². The summed E-state index contributed by atoms with van der Waals surface area (Å²) < 4.78 is 5.35. The van der Waals surface area contributed by atoms with Gasteiger partial charge < -0.3 is 10.1 Å². The van der Waals surface area contributed by atoms with Crippen molar-refractivity contribution < 1.29 is 4.74 Å². The first-order valence-electron chi connectivity index (χ1n) is 4.83. The fourth-order valence-electron chi connectivity index (χ4n) is 1.55. The Morgan fingerprint density at radius 3 is 3.00 bits per heavy atom. The normalized spacial score (nSPS) is 14.2. The third-order valence-corrected chi connectivity index (χ3v) is 2.30. The molecule has 0 atom stereocenters. The number of rotatable bonds is 3. The van der Waals surface area contributed by atoms with E-state index in [0.717, 1.165) is 26.2 Å². The van der Waals surface area contributed by atoms with E-state index in [1.807, 2.05) is 0 Å². The molecule has 1 N–H and O–H groups in total. The number of anilines is 1. The van der Waals surface area contributed by atoms with Gasteiger partial charge in [-0.3, -0.25) is 0 Å². The zero-order valence-corrected chi connectivity index (χ0v) is 7.97. The summed E-state index contributed by atoms with van der Waals surface area (Å²) in [5.74, 6) is 0. The monoisotopic (exact) mass is 177 g/mol. The highest BCUT2D eigenvalue weighted by Crippen LogP contribution is 2.22. The summed E-state index contributed by atoms with van der Waals surface area (Å²) in [6, 6.07) is 6.47. The molecule has 70 valence electrons. The molecule has 1 aromatic carbocycles. The molecule has 0 aliphatic carbocycles. The highest BCUT2D eigenvalue weighted by molar-refractivity contribution is 5.49. The molecule has 0 unspecified atom stereocenters. The van der Waals surface area contributed by atoms with E-state index in [0.29, 0.717) is 0 Å². The third-order valence-electron chi connectivity index (χ3n) is 2.30. The topological polar surface area (TPSA) is 21.3 Å². The van der Waals surface area contributed by atoms with Gasteiger partial charge in [0.25, 0.3) is 0 Å². The summed E-state index contributed by atoms with van der Waals surface area (Å²) >= 11 is 0. The van der Waals surface area contributed by atoms with Crippen LogP contribution in [0, 0.1) is 0 Å². The summed E-state index contributed by atoms with van der Waals surface area (Å²) in [5.41, 5.74) is 3.88. The van der Waals surface area contributed by atoms with Crippen LogP contribution >= 0.6 is 0 Å². The Labute approximate surface area is 78.9 Å². The second-order valence-corrected chi connectivity index (χ2v) is 3.40. The van der Waals surface area contributed by atoms with Crippen molar-refractivity contribution in [1.82, 2.24) is 0 Å². The van der Waals surface area contributed by atoms with Gasteiger partial charge in [0.15, 0.2) is 0 Å². The van der Waals surface area contributed by atoms with Crippen LogP contribution in [0.4, 0.5) is 5.69 Å². The lowest BCUT2D eigenvalue weighted by molar-refractivity contribution is 0.134. The van der Waals surface area contributed by atoms with Crippen molar-refractivity contribution >= 4 is 5.69 Å². The Kier molecular flexibility index (Phi) is 2.50. The van der Waals surface area contributed by atoms with Crippen molar-refractivity contribution in [3.8, 4) is 0 Å². The molecule has 13 heavy (non-hydrogen) atoms. The average molecular weight is 177 g/mol. The molecule has 0 spiro atoms. The quantitative estimate of drug-likeness (QED) is 0.766. The van der Waals surface area contributed by atoms with Crippen LogP contribution in [-0.2, 0) is 18.0 Å². The summed E-state index contributed by atoms with van der Waals surface area (Å²) in [5, 5.41) is 3.37. The first-order chi connectivity index (χ1) is 6.40. The molecule has 0 saturated heterocycles. The van der Waals surface area contributed by atoms with Crippen LogP contribution in [0.2, 0.25) is 0 Å². The van der Waals surface area contributed by atoms with E-state index in [1.54, 1.807) is 0 Å². The van der Waals surface area contributed by atoms with Gasteiger partial charge in [-0.2, -0.15) is 0 Å². The molecule has 0 amide bonds. The van der Waals surface area contributed by atoms with Crippen molar-refractivity contribution in [1.29, 1.82) is 0 Å². The summed E-state index contributed by atoms with van der Waals surface area (Å²) in [7, 11) is 0. The number of hydrogen-bond acceptors (Lipinski definition) is 2. The number of hydrogen-bond donors (Lipinski definition) is 1. The lowest BCUT2D eigenvalue weighted by Gasteiger charge is -2.05. The van der Waals surface area contributed by atoms with Gasteiger partial charge in [-0.1, -0.05) is 13.0 Å². The SMILES string of the molecule is CCCNc1ccc2c(c1)COC2. The molecule has 0 aromatic heterocycles. The first-order valence-corrected chi connectivity index (χ1v) is 4.83. The molecule has 0 bridgehead atoms. The van der Waals surface area contributed by atoms with Crippen LogP contribution in [0.25, 0.3) is 0 Å². The van der Waals surface area contributed by atoms with Crippen LogP contribution in [-0.4, -0.2) is 6.54 Å². The van der Waals surface area contributed by atoms with Crippen LogP contribution in [0.3, 0.4) is 0 Å². The standard InChI is InChI=1S/C11H15NO/c1-2-5-12-11-4-3-9-7-13-8-10(9)6-11/h3-4,6,12H,2,5,7-8H2,1H3. The lowest BCUT2D eigenvalue weighted by Crippen LogP contribution is -1.99. The number of fused-ring (bicyclic) bond motifs is 1. The second kappa shape index (κ2) is 3.79. The van der Waals surface area contributed by atoms with Gasteiger partial charge in [0, 0.05) is 12.2 Å². The van der Waals surface area contributed by atoms with Crippen molar-refractivity contribution in [2.75, 3.05) is 11.9 Å². The van der Waals surface area contributed by atoms with Gasteiger partial charge in [-0.15, -0.1) is 0 Å². The predicted molar refractivity (Wildman–Crippen MR) is 53.7 cm³/mol. The minimum Gasteiger partial charge on any atom is -0.385 e.